The van der Waals surface area contributed by atoms with Crippen LogP contribution in [0.2, 0.25) is 6.04 Å². The van der Waals surface area contributed by atoms with Gasteiger partial charge in [0, 0.05) is 6.04 Å². The summed E-state index contributed by atoms with van der Waals surface area (Å²) in [6.07, 6.45) is 0.958. The minimum atomic E-state index is -3.05. The van der Waals surface area contributed by atoms with Gasteiger partial charge in [0.15, 0.2) is 0 Å². The van der Waals surface area contributed by atoms with Crippen LogP contribution < -0.4 is 0 Å². The Hall–Kier alpha value is 0.0169. The van der Waals surface area contributed by atoms with Crippen LogP contribution >= 0.6 is 0 Å². The lowest BCUT2D eigenvalue weighted by atomic mass is 9.96. The Bertz CT molecular complexity index is 325. The summed E-state index contributed by atoms with van der Waals surface area (Å²) in [6, 6.07) is 0.683. The summed E-state index contributed by atoms with van der Waals surface area (Å²) in [5, 5.41) is 0. The average molecular weight is 321 g/mol. The van der Waals surface area contributed by atoms with Gasteiger partial charge in [-0.2, -0.15) is 0 Å². The third-order valence-corrected chi connectivity index (χ3v) is 5.44. The maximum atomic E-state index is 6.17. The summed E-state index contributed by atoms with van der Waals surface area (Å²) in [4.78, 5) is 11.0. The van der Waals surface area contributed by atoms with Gasteiger partial charge in [-0.1, -0.05) is 6.92 Å². The predicted molar refractivity (Wildman–Crippen MR) is 83.4 cm³/mol. The monoisotopic (exact) mass is 320 g/mol. The van der Waals surface area contributed by atoms with Gasteiger partial charge in [0.2, 0.25) is 0 Å². The van der Waals surface area contributed by atoms with Crippen molar-refractivity contribution in [2.75, 3.05) is 0 Å². The van der Waals surface area contributed by atoms with Crippen molar-refractivity contribution in [3.05, 3.63) is 0 Å². The van der Waals surface area contributed by atoms with Crippen LogP contribution in [0.4, 0.5) is 0 Å². The molecule has 1 aliphatic heterocycles. The molecule has 1 fully saturated rings. The zero-order chi connectivity index (χ0) is 16.5. The predicted octanol–water partition coefficient (Wildman–Crippen LogP) is 4.25. The van der Waals surface area contributed by atoms with Gasteiger partial charge in [-0.05, 0) is 67.7 Å². The van der Waals surface area contributed by atoms with Crippen molar-refractivity contribution in [2.45, 2.75) is 91.6 Å². The van der Waals surface area contributed by atoms with Crippen LogP contribution in [0.25, 0.3) is 0 Å². The Balaban J connectivity index is 2.87. The molecule has 1 saturated heterocycles. The van der Waals surface area contributed by atoms with Gasteiger partial charge in [0.05, 0.1) is 16.8 Å². The minimum Gasteiger partial charge on any atom is -0.366 e. The maximum absolute atomic E-state index is 6.17. The van der Waals surface area contributed by atoms with Crippen molar-refractivity contribution < 1.29 is 23.4 Å². The van der Waals surface area contributed by atoms with Gasteiger partial charge < -0.3 is 4.43 Å². The molecule has 1 aliphatic rings. The smallest absolute Gasteiger partial charge is 0.366 e. The lowest BCUT2D eigenvalue weighted by molar-refractivity contribution is -0.373. The van der Waals surface area contributed by atoms with Crippen molar-refractivity contribution >= 4 is 8.80 Å². The first-order valence-electron chi connectivity index (χ1n) is 7.66. The van der Waals surface area contributed by atoms with Gasteiger partial charge in [-0.15, -0.1) is 0 Å². The van der Waals surface area contributed by atoms with Crippen molar-refractivity contribution in [3.63, 3.8) is 0 Å². The average Bonchev–Trinajstić information content (AvgIpc) is 2.19. The van der Waals surface area contributed by atoms with Crippen molar-refractivity contribution in [3.8, 4) is 0 Å². The SMILES string of the molecule is CC1CC(C)(C)O[Si](OOC(C)(C)C)(OOC(C)(C)C)C1. The lowest BCUT2D eigenvalue weighted by Crippen LogP contribution is -2.57. The van der Waals surface area contributed by atoms with Gasteiger partial charge in [-0.25, -0.2) is 18.9 Å². The molecule has 0 saturated carbocycles. The summed E-state index contributed by atoms with van der Waals surface area (Å²) in [5.41, 5.74) is -1.18. The fourth-order valence-electron chi connectivity index (χ4n) is 2.34. The first-order valence-corrected chi connectivity index (χ1v) is 9.59. The van der Waals surface area contributed by atoms with E-state index in [-0.39, 0.29) is 5.60 Å². The fourth-order valence-corrected chi connectivity index (χ4v) is 5.33. The van der Waals surface area contributed by atoms with Crippen LogP contribution in [0, 0.1) is 5.92 Å². The molecule has 1 heterocycles. The van der Waals surface area contributed by atoms with E-state index in [9.17, 15) is 0 Å². The number of rotatable bonds is 4. The summed E-state index contributed by atoms with van der Waals surface area (Å²) < 4.78 is 17.6. The molecule has 0 N–H and O–H groups in total. The second-order valence-electron chi connectivity index (χ2n) is 8.62. The highest BCUT2D eigenvalue weighted by Crippen LogP contribution is 2.39. The Morgan fingerprint density at radius 1 is 0.952 bits per heavy atom. The maximum Gasteiger partial charge on any atom is 0.558 e. The normalized spacial score (nSPS) is 25.9. The molecule has 1 unspecified atom stereocenters. The standard InChI is InChI=1S/C15H32O5Si/c1-12-10-15(8,9)18-21(11-12,19-16-13(2,3)4)20-17-14(5,6)7/h12H,10-11H2,1-9H3. The quantitative estimate of drug-likeness (QED) is 0.440. The van der Waals surface area contributed by atoms with E-state index in [4.69, 9.17) is 23.4 Å². The molecular formula is C15H32O5Si. The minimum absolute atomic E-state index is 0.313. The van der Waals surface area contributed by atoms with Crippen LogP contribution in [0.5, 0.6) is 0 Å². The Morgan fingerprint density at radius 3 is 1.71 bits per heavy atom. The molecule has 6 heteroatoms. The van der Waals surface area contributed by atoms with Crippen molar-refractivity contribution in [2.24, 2.45) is 5.92 Å². The molecule has 21 heavy (non-hydrogen) atoms. The van der Waals surface area contributed by atoms with E-state index < -0.39 is 20.0 Å². The van der Waals surface area contributed by atoms with Crippen molar-refractivity contribution in [1.82, 2.24) is 0 Å². The van der Waals surface area contributed by atoms with E-state index in [1.54, 1.807) is 0 Å². The lowest BCUT2D eigenvalue weighted by Gasteiger charge is -2.44. The van der Waals surface area contributed by atoms with E-state index in [0.717, 1.165) is 6.42 Å². The topological polar surface area (TPSA) is 46.2 Å². The first-order chi connectivity index (χ1) is 9.22. The van der Waals surface area contributed by atoms with E-state index in [1.165, 1.54) is 0 Å². The molecule has 1 rings (SSSR count). The van der Waals surface area contributed by atoms with Crippen molar-refractivity contribution in [1.29, 1.82) is 0 Å². The van der Waals surface area contributed by atoms with E-state index in [0.29, 0.717) is 12.0 Å². The summed E-state index contributed by atoms with van der Waals surface area (Å²) in [6.45, 7) is 17.8. The summed E-state index contributed by atoms with van der Waals surface area (Å²) in [5.74, 6) is 0.424. The highest BCUT2D eigenvalue weighted by atomic mass is 28.4. The second kappa shape index (κ2) is 6.26. The molecule has 0 radical (unpaired) electrons. The zero-order valence-corrected chi connectivity index (χ0v) is 16.0. The van der Waals surface area contributed by atoms with Crippen LogP contribution in [0.3, 0.4) is 0 Å². The molecule has 0 aliphatic carbocycles. The fraction of sp³-hybridized carbons (Fsp3) is 1.00. The molecular weight excluding hydrogens is 288 g/mol. The Morgan fingerprint density at radius 2 is 1.38 bits per heavy atom. The van der Waals surface area contributed by atoms with E-state index in [1.807, 2.05) is 55.4 Å². The van der Waals surface area contributed by atoms with E-state index >= 15 is 0 Å². The second-order valence-corrected chi connectivity index (χ2v) is 10.9. The van der Waals surface area contributed by atoms with Gasteiger partial charge >= 0.3 is 8.80 Å². The third-order valence-electron chi connectivity index (χ3n) is 2.71. The van der Waals surface area contributed by atoms with Gasteiger partial charge in [0.1, 0.15) is 0 Å². The number of hydrogen-bond donors (Lipinski definition) is 0. The molecule has 0 bridgehead atoms. The molecule has 0 aromatic heterocycles. The molecule has 0 aromatic carbocycles. The summed E-state index contributed by atoms with van der Waals surface area (Å²) >= 11 is 0. The third kappa shape index (κ3) is 7.21. The molecule has 126 valence electrons. The molecule has 0 aromatic rings. The van der Waals surface area contributed by atoms with Gasteiger partial charge in [-0.3, -0.25) is 0 Å². The highest BCUT2D eigenvalue weighted by molar-refractivity contribution is 6.60. The van der Waals surface area contributed by atoms with Crippen LogP contribution in [-0.2, 0) is 23.4 Å². The zero-order valence-electron chi connectivity index (χ0n) is 15.0. The number of hydrogen-bond acceptors (Lipinski definition) is 5. The molecule has 0 amide bonds. The van der Waals surface area contributed by atoms with E-state index in [2.05, 4.69) is 6.92 Å². The van der Waals surface area contributed by atoms with Crippen LogP contribution in [0.1, 0.15) is 68.7 Å². The Labute approximate surface area is 130 Å². The van der Waals surface area contributed by atoms with Crippen LogP contribution in [-0.4, -0.2) is 25.6 Å². The Kier molecular flexibility index (Phi) is 5.68. The molecule has 0 spiro atoms. The summed E-state index contributed by atoms with van der Waals surface area (Å²) in [7, 11) is -3.05. The molecule has 1 atom stereocenters. The molecule has 5 nitrogen and oxygen atoms in total. The van der Waals surface area contributed by atoms with Gasteiger partial charge in [0.25, 0.3) is 0 Å². The largest absolute Gasteiger partial charge is 0.558 e. The van der Waals surface area contributed by atoms with Crippen LogP contribution in [0.15, 0.2) is 0 Å². The first kappa shape index (κ1) is 19.1. The highest BCUT2D eigenvalue weighted by Gasteiger charge is 2.55.